The van der Waals surface area contributed by atoms with Crippen molar-refractivity contribution in [2.24, 2.45) is 47.3 Å². The summed E-state index contributed by atoms with van der Waals surface area (Å²) in [5.74, 6) is 8.36. The number of nitrogens with zero attached hydrogens (tertiary/aromatic N) is 2. The summed E-state index contributed by atoms with van der Waals surface area (Å²) in [6.07, 6.45) is 21.4. The van der Waals surface area contributed by atoms with E-state index >= 15 is 0 Å². The summed E-state index contributed by atoms with van der Waals surface area (Å²) < 4.78 is 27.0. The molecule has 0 spiro atoms. The standard InChI is InChI=1S/2C10H19NO4.2C10H16.2C6H13NO2/c2*1-4-11(7-5-9(12)14-2)8-6-10(13)15-3;2*1-2-9-7-4-5-8(6-7)10(9)3-1;2*1-3-7-5-4-6(8)9-2/h2*4-8H2,1-3H3;2*7-10H,1-6H2;2*7H,3-5H2,1-2H3. The molecule has 0 amide bonds. The molecule has 6 fully saturated rings. The number of hydrogen-bond donors (Lipinski definition) is 2. The van der Waals surface area contributed by atoms with Crippen molar-refractivity contribution in [1.82, 2.24) is 20.4 Å². The Morgan fingerprint density at radius 1 is 0.382 bits per heavy atom. The third-order valence-electron chi connectivity index (χ3n) is 15.0. The van der Waals surface area contributed by atoms with Gasteiger partial charge in [0.25, 0.3) is 0 Å². The molecule has 16 heteroatoms. The van der Waals surface area contributed by atoms with E-state index in [9.17, 15) is 28.8 Å². The third kappa shape index (κ3) is 25.5. The van der Waals surface area contributed by atoms with Crippen LogP contribution in [0.25, 0.3) is 0 Å². The fraction of sp³-hybridized carbons (Fsp3) is 0.885. The molecule has 8 unspecified atom stereocenters. The minimum absolute atomic E-state index is 0.157. The van der Waals surface area contributed by atoms with Crippen LogP contribution in [0.15, 0.2) is 0 Å². The first kappa shape index (κ1) is 62.7. The van der Waals surface area contributed by atoms with Gasteiger partial charge in [-0.05, 0) is 138 Å². The summed E-state index contributed by atoms with van der Waals surface area (Å²) in [6, 6.07) is 0. The Hall–Kier alpha value is -3.34. The number of esters is 6. The molecule has 0 aromatic heterocycles. The van der Waals surface area contributed by atoms with Crippen LogP contribution in [0.4, 0.5) is 0 Å². The van der Waals surface area contributed by atoms with Crippen LogP contribution >= 0.6 is 0 Å². The van der Waals surface area contributed by atoms with Crippen LogP contribution in [0.5, 0.6) is 0 Å². The van der Waals surface area contributed by atoms with Gasteiger partial charge in [0, 0.05) is 39.3 Å². The summed E-state index contributed by atoms with van der Waals surface area (Å²) >= 11 is 0. The molecule has 68 heavy (non-hydrogen) atoms. The highest BCUT2D eigenvalue weighted by Gasteiger charge is 2.49. The van der Waals surface area contributed by atoms with Crippen molar-refractivity contribution < 1.29 is 57.2 Å². The molecule has 0 saturated heterocycles. The molecule has 2 N–H and O–H groups in total. The molecule has 0 aromatic rings. The van der Waals surface area contributed by atoms with Crippen LogP contribution in [-0.4, -0.2) is 154 Å². The topological polar surface area (TPSA) is 188 Å². The quantitative estimate of drug-likeness (QED) is 0.0651. The maximum absolute atomic E-state index is 10.9. The molecule has 6 saturated carbocycles. The minimum Gasteiger partial charge on any atom is -0.469 e. The van der Waals surface area contributed by atoms with E-state index in [1.165, 1.54) is 90.0 Å². The number of carbonyl (C=O) groups is 6. The van der Waals surface area contributed by atoms with Crippen LogP contribution in [-0.2, 0) is 57.2 Å². The van der Waals surface area contributed by atoms with Crippen molar-refractivity contribution in [2.45, 2.75) is 143 Å². The molecule has 6 aliphatic rings. The lowest BCUT2D eigenvalue weighted by Crippen LogP contribution is -2.29. The van der Waals surface area contributed by atoms with Gasteiger partial charge < -0.3 is 48.9 Å². The van der Waals surface area contributed by atoms with E-state index in [0.717, 1.165) is 26.2 Å². The van der Waals surface area contributed by atoms with Gasteiger partial charge in [-0.25, -0.2) is 0 Å². The first-order valence-electron chi connectivity index (χ1n) is 26.1. The zero-order valence-corrected chi connectivity index (χ0v) is 44.2. The van der Waals surface area contributed by atoms with E-state index in [2.05, 4.69) is 39.1 Å². The summed E-state index contributed by atoms with van der Waals surface area (Å²) in [5.41, 5.74) is 0. The largest absolute Gasteiger partial charge is 0.469 e. The average molecular weight is 969 g/mol. The summed E-state index contributed by atoms with van der Waals surface area (Å²) in [6.45, 7) is 15.2. The normalized spacial score (nSPS) is 23.8. The van der Waals surface area contributed by atoms with Gasteiger partial charge in [-0.1, -0.05) is 40.5 Å². The Kier molecular flexibility index (Phi) is 35.4. The second-order valence-corrected chi connectivity index (χ2v) is 18.7. The maximum atomic E-state index is 10.9. The Bertz CT molecular complexity index is 1230. The number of ether oxygens (including phenoxy) is 6. The summed E-state index contributed by atoms with van der Waals surface area (Å²) in [4.78, 5) is 68.4. The van der Waals surface area contributed by atoms with Gasteiger partial charge >= 0.3 is 35.8 Å². The zero-order valence-electron chi connectivity index (χ0n) is 44.2. The molecular weight excluding hydrogens is 873 g/mol. The number of carbonyl (C=O) groups excluding carboxylic acids is 6. The van der Waals surface area contributed by atoms with Gasteiger partial charge in [0.05, 0.1) is 81.2 Å². The predicted molar refractivity (Wildman–Crippen MR) is 264 cm³/mol. The fourth-order valence-electron chi connectivity index (χ4n) is 11.2. The smallest absolute Gasteiger partial charge is 0.306 e. The van der Waals surface area contributed by atoms with E-state index in [4.69, 9.17) is 0 Å². The molecule has 0 radical (unpaired) electrons. The second kappa shape index (κ2) is 38.4. The van der Waals surface area contributed by atoms with Crippen molar-refractivity contribution in [2.75, 3.05) is 108 Å². The van der Waals surface area contributed by atoms with Gasteiger partial charge in [-0.2, -0.15) is 0 Å². The van der Waals surface area contributed by atoms with Crippen molar-refractivity contribution in [3.8, 4) is 0 Å². The Balaban J connectivity index is 0.000000413. The zero-order chi connectivity index (χ0) is 50.7. The van der Waals surface area contributed by atoms with Gasteiger partial charge in [-0.3, -0.25) is 28.8 Å². The SMILES string of the molecule is C1CC2C3CCC(C3)C2C1.C1CC2C3CCC(C3)C2C1.CCN(CCC(=O)OC)CCC(=O)OC.CCN(CCC(=O)OC)CCC(=O)OC.CCNCCC(=O)OC.CCNCCC(=O)OC. The first-order chi connectivity index (χ1) is 32.8. The van der Waals surface area contributed by atoms with Crippen LogP contribution < -0.4 is 10.6 Å². The van der Waals surface area contributed by atoms with E-state index in [1.807, 2.05) is 37.5 Å². The Morgan fingerprint density at radius 3 is 0.824 bits per heavy atom. The number of rotatable bonds is 22. The number of hydrogen-bond acceptors (Lipinski definition) is 16. The average Bonchev–Trinajstić information content (AvgIpc) is 4.24. The lowest BCUT2D eigenvalue weighted by atomic mass is 9.82. The number of methoxy groups -OCH3 is 6. The van der Waals surface area contributed by atoms with Crippen LogP contribution in [0.1, 0.15) is 143 Å². The number of fused-ring (bicyclic) bond motifs is 10. The lowest BCUT2D eigenvalue weighted by molar-refractivity contribution is -0.142. The molecule has 0 aromatic carbocycles. The molecular formula is C52H96N4O12. The van der Waals surface area contributed by atoms with Gasteiger partial charge in [0.1, 0.15) is 0 Å². The van der Waals surface area contributed by atoms with Crippen LogP contribution in [0.3, 0.4) is 0 Å². The molecule has 4 bridgehead atoms. The number of nitrogens with one attached hydrogen (secondary N) is 2. The van der Waals surface area contributed by atoms with Crippen molar-refractivity contribution in [3.05, 3.63) is 0 Å². The molecule has 0 aliphatic heterocycles. The van der Waals surface area contributed by atoms with Gasteiger partial charge in [0.15, 0.2) is 0 Å². The highest BCUT2D eigenvalue weighted by atomic mass is 16.5. The molecule has 6 aliphatic carbocycles. The monoisotopic (exact) mass is 969 g/mol. The van der Waals surface area contributed by atoms with Gasteiger partial charge in [0.2, 0.25) is 0 Å². The molecule has 16 nitrogen and oxygen atoms in total. The van der Waals surface area contributed by atoms with Gasteiger partial charge in [-0.15, -0.1) is 0 Å². The van der Waals surface area contributed by atoms with E-state index in [-0.39, 0.29) is 35.8 Å². The van der Waals surface area contributed by atoms with E-state index in [0.29, 0.717) is 77.8 Å². The molecule has 6 rings (SSSR count). The fourth-order valence-corrected chi connectivity index (χ4v) is 11.2. The van der Waals surface area contributed by atoms with Crippen LogP contribution in [0, 0.1) is 47.3 Å². The minimum atomic E-state index is -0.230. The van der Waals surface area contributed by atoms with Crippen molar-refractivity contribution in [3.63, 3.8) is 0 Å². The Morgan fingerprint density at radius 2 is 0.618 bits per heavy atom. The van der Waals surface area contributed by atoms with Crippen molar-refractivity contribution in [1.29, 1.82) is 0 Å². The highest BCUT2D eigenvalue weighted by molar-refractivity contribution is 5.71. The predicted octanol–water partition coefficient (Wildman–Crippen LogP) is 6.85. The second-order valence-electron chi connectivity index (χ2n) is 18.7. The third-order valence-corrected chi connectivity index (χ3v) is 15.0. The lowest BCUT2D eigenvalue weighted by Gasteiger charge is -2.23. The van der Waals surface area contributed by atoms with Crippen LogP contribution in [0.2, 0.25) is 0 Å². The molecule has 0 heterocycles. The first-order valence-corrected chi connectivity index (χ1v) is 26.1. The Labute approximate surface area is 411 Å². The highest BCUT2D eigenvalue weighted by Crippen LogP contribution is 2.59. The van der Waals surface area contributed by atoms with E-state index < -0.39 is 0 Å². The van der Waals surface area contributed by atoms with Crippen molar-refractivity contribution >= 4 is 35.8 Å². The summed E-state index contributed by atoms with van der Waals surface area (Å²) in [7, 11) is 8.27. The molecule has 8 atom stereocenters. The maximum Gasteiger partial charge on any atom is 0.306 e. The molecule has 396 valence electrons. The summed E-state index contributed by atoms with van der Waals surface area (Å²) in [5, 5.41) is 6.03. The van der Waals surface area contributed by atoms with E-state index in [1.54, 1.807) is 77.0 Å².